The largest absolute Gasteiger partial charge is 0.453 e. The van der Waals surface area contributed by atoms with Crippen LogP contribution in [0.1, 0.15) is 159 Å². The van der Waals surface area contributed by atoms with Crippen molar-refractivity contribution in [3.8, 4) is 0 Å². The first-order valence-electron chi connectivity index (χ1n) is 21.3. The molecule has 4 atom stereocenters. The monoisotopic (exact) mass is 776 g/mol. The molecule has 56 heavy (non-hydrogen) atoms. The van der Waals surface area contributed by atoms with Gasteiger partial charge in [0.25, 0.3) is 0 Å². The van der Waals surface area contributed by atoms with E-state index in [1.807, 2.05) is 49.9 Å². The minimum Gasteiger partial charge on any atom is -0.453 e. The normalized spacial score (nSPS) is 30.1. The van der Waals surface area contributed by atoms with Crippen molar-refractivity contribution in [2.24, 2.45) is 23.2 Å². The number of H-pyrrole nitrogens is 2. The second-order valence-corrected chi connectivity index (χ2v) is 18.2. The highest BCUT2D eigenvalue weighted by Gasteiger charge is 2.53. The summed E-state index contributed by atoms with van der Waals surface area (Å²) in [5, 5.41) is 5.49. The highest BCUT2D eigenvalue weighted by molar-refractivity contribution is 5.87. The maximum atomic E-state index is 13.7. The zero-order chi connectivity index (χ0) is 39.8. The minimum absolute atomic E-state index is 0.0674. The molecule has 2 saturated heterocycles. The molecule has 4 N–H and O–H groups in total. The molecule has 0 unspecified atom stereocenters. The highest BCUT2D eigenvalue weighted by Crippen LogP contribution is 2.63. The summed E-state index contributed by atoms with van der Waals surface area (Å²) in [6, 6.07) is -1.52. The summed E-state index contributed by atoms with van der Waals surface area (Å²) in [5.74, 6) is 2.61. The third kappa shape index (κ3) is 7.65. The van der Waals surface area contributed by atoms with Crippen molar-refractivity contribution in [3.05, 3.63) is 35.4 Å². The molecule has 2 bridgehead atoms. The van der Waals surface area contributed by atoms with E-state index in [0.29, 0.717) is 24.4 Å². The number of carbonyl (C=O) groups excluding carboxylic acids is 4. The highest BCUT2D eigenvalue weighted by atomic mass is 16.5. The van der Waals surface area contributed by atoms with Gasteiger partial charge in [0.1, 0.15) is 23.7 Å². The molecule has 4 saturated carbocycles. The number of carbonyl (C=O) groups is 4. The first-order chi connectivity index (χ1) is 26.9. The predicted molar refractivity (Wildman–Crippen MR) is 209 cm³/mol. The van der Waals surface area contributed by atoms with Crippen LogP contribution in [0.4, 0.5) is 9.59 Å². The summed E-state index contributed by atoms with van der Waals surface area (Å²) in [6.07, 6.45) is 18.4. The number of nitrogens with one attached hydrogen (secondary N) is 4. The number of hydrogen-bond donors (Lipinski definition) is 4. The molecule has 2 aliphatic heterocycles. The van der Waals surface area contributed by atoms with E-state index in [4.69, 9.17) is 19.4 Å². The molecule has 0 spiro atoms. The van der Waals surface area contributed by atoms with Gasteiger partial charge in [0, 0.05) is 48.2 Å². The molecule has 308 valence electrons. The number of aromatic nitrogens is 4. The van der Waals surface area contributed by atoms with Crippen molar-refractivity contribution in [2.75, 3.05) is 27.3 Å². The lowest BCUT2D eigenvalue weighted by Crippen LogP contribution is -2.51. The van der Waals surface area contributed by atoms with Gasteiger partial charge in [-0.15, -0.1) is 0 Å². The van der Waals surface area contributed by atoms with E-state index in [1.165, 1.54) is 77.0 Å². The lowest BCUT2D eigenvalue weighted by atomic mass is 9.48. The number of fused-ring (bicyclic) bond motifs is 3. The Labute approximate surface area is 331 Å². The Morgan fingerprint density at radius 1 is 0.696 bits per heavy atom. The summed E-state index contributed by atoms with van der Waals surface area (Å²) in [6.45, 7) is 9.05. The van der Waals surface area contributed by atoms with Crippen molar-refractivity contribution >= 4 is 24.0 Å². The van der Waals surface area contributed by atoms with Gasteiger partial charge in [0.15, 0.2) is 0 Å². The van der Waals surface area contributed by atoms with Crippen molar-refractivity contribution in [1.29, 1.82) is 0 Å². The van der Waals surface area contributed by atoms with Crippen LogP contribution in [0.5, 0.6) is 0 Å². The second-order valence-electron chi connectivity index (χ2n) is 18.2. The topological polar surface area (TPSA) is 175 Å². The number of aromatic amines is 2. The third-order valence-corrected chi connectivity index (χ3v) is 14.6. The van der Waals surface area contributed by atoms with Gasteiger partial charge in [0.2, 0.25) is 11.8 Å². The van der Waals surface area contributed by atoms with E-state index >= 15 is 0 Å². The standard InChI is InChI=1S/C42H64N8O6/c1-25(2)33(47-39(53)55-5)37(51)49-21-7-9-30(49)35-43-23-29(45-35)27-11-13-28(14-12-27)41-15-18-42(19-16-41,20-17-41)32-24-44-36(46-32)31-10-8-22-50(31)38(52)34(26(3)4)48-40(54)56-6/h23-28,30-31,33-34H,7-22H2,1-6H3,(H,43,45)(H,44,46)(H,47,53)(H,48,54)/t27?,28?,30-,31-,33-,34-,41?,42?/m0/s1. The lowest BCUT2D eigenvalue weighted by Gasteiger charge is -2.57. The second kappa shape index (κ2) is 16.4. The number of imidazole rings is 2. The minimum atomic E-state index is -0.644. The number of alkyl carbamates (subject to hydrolysis) is 2. The fraction of sp³-hybridized carbons (Fsp3) is 0.762. The Morgan fingerprint density at radius 3 is 1.66 bits per heavy atom. The Balaban J connectivity index is 0.939. The Hall–Kier alpha value is -4.10. The summed E-state index contributed by atoms with van der Waals surface area (Å²) < 4.78 is 9.60. The Kier molecular flexibility index (Phi) is 11.7. The van der Waals surface area contributed by atoms with Crippen molar-refractivity contribution in [2.45, 2.75) is 153 Å². The molecular formula is C42H64N8O6. The Bertz CT molecular complexity index is 1700. The van der Waals surface area contributed by atoms with Crippen LogP contribution < -0.4 is 10.6 Å². The molecule has 6 fully saturated rings. The fourth-order valence-corrected chi connectivity index (χ4v) is 11.1. The van der Waals surface area contributed by atoms with Gasteiger partial charge in [-0.3, -0.25) is 9.59 Å². The fourth-order valence-electron chi connectivity index (χ4n) is 11.1. The number of ether oxygens (including phenoxy) is 2. The van der Waals surface area contributed by atoms with Gasteiger partial charge in [-0.05, 0) is 113 Å². The Morgan fingerprint density at radius 2 is 1.18 bits per heavy atom. The molecule has 14 heteroatoms. The van der Waals surface area contributed by atoms with Crippen molar-refractivity contribution in [3.63, 3.8) is 0 Å². The molecule has 2 aromatic rings. The van der Waals surface area contributed by atoms with Crippen LogP contribution in [0.25, 0.3) is 0 Å². The van der Waals surface area contributed by atoms with Gasteiger partial charge < -0.3 is 39.9 Å². The van der Waals surface area contributed by atoms with E-state index in [0.717, 1.165) is 56.1 Å². The summed E-state index contributed by atoms with van der Waals surface area (Å²) in [5.41, 5.74) is 2.95. The summed E-state index contributed by atoms with van der Waals surface area (Å²) in [7, 11) is 2.63. The molecule has 2 aromatic heterocycles. The summed E-state index contributed by atoms with van der Waals surface area (Å²) >= 11 is 0. The molecule has 4 aliphatic carbocycles. The molecular weight excluding hydrogens is 713 g/mol. The van der Waals surface area contributed by atoms with Crippen LogP contribution in [0.3, 0.4) is 0 Å². The van der Waals surface area contributed by atoms with Crippen molar-refractivity contribution in [1.82, 2.24) is 40.4 Å². The number of hydrogen-bond acceptors (Lipinski definition) is 8. The predicted octanol–water partition coefficient (Wildman–Crippen LogP) is 6.79. The van der Waals surface area contributed by atoms with Crippen LogP contribution in [0.15, 0.2) is 12.4 Å². The number of amides is 4. The number of rotatable bonds is 11. The molecule has 4 heterocycles. The maximum absolute atomic E-state index is 13.7. The molecule has 4 amide bonds. The molecule has 8 rings (SSSR count). The first-order valence-corrected chi connectivity index (χ1v) is 21.3. The van der Waals surface area contributed by atoms with Crippen LogP contribution in [-0.4, -0.2) is 93.1 Å². The lowest BCUT2D eigenvalue weighted by molar-refractivity contribution is -0.136. The van der Waals surface area contributed by atoms with Gasteiger partial charge >= 0.3 is 12.2 Å². The van der Waals surface area contributed by atoms with E-state index in [2.05, 4.69) is 20.6 Å². The quantitative estimate of drug-likeness (QED) is 0.193. The number of methoxy groups -OCH3 is 2. The van der Waals surface area contributed by atoms with Gasteiger partial charge in [-0.1, -0.05) is 27.7 Å². The van der Waals surface area contributed by atoms with Gasteiger partial charge in [-0.2, -0.15) is 0 Å². The van der Waals surface area contributed by atoms with Crippen LogP contribution in [-0.2, 0) is 24.5 Å². The van der Waals surface area contributed by atoms with Crippen LogP contribution in [0.2, 0.25) is 0 Å². The number of nitrogens with zero attached hydrogens (tertiary/aromatic N) is 4. The molecule has 6 aliphatic rings. The van der Waals surface area contributed by atoms with E-state index in [9.17, 15) is 19.2 Å². The third-order valence-electron chi connectivity index (χ3n) is 14.6. The molecule has 0 aromatic carbocycles. The van der Waals surface area contributed by atoms with Gasteiger partial charge in [-0.25, -0.2) is 19.6 Å². The van der Waals surface area contributed by atoms with E-state index in [1.54, 1.807) is 0 Å². The smallest absolute Gasteiger partial charge is 0.407 e. The SMILES string of the molecule is COC(=O)N[C@H](C(=O)N1CCC[C@H]1c1ncc(C2CCC(C34CCC(c5cnc([C@@H]6CCCN6C(=O)[C@@H](NC(=O)OC)C(C)C)[nH]5)(CC3)CC4)CC2)[nH]1)C(C)C. The number of likely N-dealkylation sites (tertiary alicyclic amines) is 2. The average molecular weight is 777 g/mol. The zero-order valence-corrected chi connectivity index (χ0v) is 34.3. The van der Waals surface area contributed by atoms with Crippen LogP contribution >= 0.6 is 0 Å². The first kappa shape index (κ1) is 40.1. The van der Waals surface area contributed by atoms with Gasteiger partial charge in [0.05, 0.1) is 26.3 Å². The zero-order valence-electron chi connectivity index (χ0n) is 34.3. The summed E-state index contributed by atoms with van der Waals surface area (Å²) in [4.78, 5) is 72.2. The van der Waals surface area contributed by atoms with E-state index in [-0.39, 0.29) is 41.1 Å². The van der Waals surface area contributed by atoms with Crippen LogP contribution in [0, 0.1) is 23.2 Å². The van der Waals surface area contributed by atoms with Crippen molar-refractivity contribution < 1.29 is 28.7 Å². The average Bonchev–Trinajstić information content (AvgIpc) is 4.06. The van der Waals surface area contributed by atoms with E-state index < -0.39 is 24.3 Å². The molecule has 0 radical (unpaired) electrons. The maximum Gasteiger partial charge on any atom is 0.407 e. The molecule has 14 nitrogen and oxygen atoms in total.